The van der Waals surface area contributed by atoms with E-state index in [2.05, 4.69) is 10.6 Å². The van der Waals surface area contributed by atoms with Gasteiger partial charge in [0.25, 0.3) is 5.56 Å². The third-order valence-electron chi connectivity index (χ3n) is 7.44. The highest BCUT2D eigenvalue weighted by Gasteiger charge is 2.36. The fraction of sp³-hybridized carbons (Fsp3) is 0.640. The van der Waals surface area contributed by atoms with Crippen LogP contribution in [0.15, 0.2) is 16.9 Å². The van der Waals surface area contributed by atoms with Crippen LogP contribution in [-0.4, -0.2) is 40.9 Å². The van der Waals surface area contributed by atoms with Crippen molar-refractivity contribution >= 4 is 23.5 Å². The van der Waals surface area contributed by atoms with Gasteiger partial charge in [-0.1, -0.05) is 0 Å². The van der Waals surface area contributed by atoms with Crippen molar-refractivity contribution in [1.82, 2.24) is 9.88 Å². The second-order valence-corrected chi connectivity index (χ2v) is 9.97. The van der Waals surface area contributed by atoms with Crippen molar-refractivity contribution in [2.75, 3.05) is 11.9 Å². The van der Waals surface area contributed by atoms with Gasteiger partial charge in [-0.2, -0.15) is 5.26 Å². The number of pyridine rings is 1. The standard InChI is InChI=1S/C25H30F2N4O5/c26-25(27)10-8-15(9-11-25)14-36-24(35)30-19-6-4-18-5-7-20(31(18)23(19)34)22(33)29-17(13-28)12-16-2-1-3-21(16)32/h4,6,15-17,20H,1-3,5,7-12,14H2,(H,29,33)(H,30,35)/t16-,17-,20-/m0/s1. The first kappa shape index (κ1) is 25.8. The van der Waals surface area contributed by atoms with Gasteiger partial charge >= 0.3 is 6.09 Å². The third-order valence-corrected chi connectivity index (χ3v) is 7.44. The molecular formula is C25H30F2N4O5. The zero-order chi connectivity index (χ0) is 25.9. The fourth-order valence-corrected chi connectivity index (χ4v) is 5.33. The molecule has 2 heterocycles. The first-order valence-corrected chi connectivity index (χ1v) is 12.5. The van der Waals surface area contributed by atoms with Gasteiger partial charge in [0.15, 0.2) is 0 Å². The van der Waals surface area contributed by atoms with E-state index < -0.39 is 35.6 Å². The summed E-state index contributed by atoms with van der Waals surface area (Å²) in [6.07, 6.45) is 2.27. The maximum Gasteiger partial charge on any atom is 0.411 e. The average molecular weight is 505 g/mol. The van der Waals surface area contributed by atoms with E-state index in [1.807, 2.05) is 6.07 Å². The van der Waals surface area contributed by atoms with Gasteiger partial charge in [0.05, 0.1) is 12.7 Å². The number of nitrogens with zero attached hydrogens (tertiary/aromatic N) is 2. The predicted molar refractivity (Wildman–Crippen MR) is 124 cm³/mol. The number of hydrogen-bond donors (Lipinski definition) is 2. The summed E-state index contributed by atoms with van der Waals surface area (Å²) in [6, 6.07) is 3.45. The van der Waals surface area contributed by atoms with Gasteiger partial charge in [0.1, 0.15) is 23.6 Å². The Labute approximate surface area is 207 Å². The Bertz CT molecular complexity index is 1120. The molecule has 1 aromatic rings. The number of halogens is 2. The smallest absolute Gasteiger partial charge is 0.411 e. The van der Waals surface area contributed by atoms with Crippen LogP contribution < -0.4 is 16.2 Å². The van der Waals surface area contributed by atoms with E-state index in [0.717, 1.165) is 6.42 Å². The molecule has 4 rings (SSSR count). The molecule has 0 unspecified atom stereocenters. The first-order chi connectivity index (χ1) is 17.2. The van der Waals surface area contributed by atoms with E-state index in [9.17, 15) is 33.2 Å². The lowest BCUT2D eigenvalue weighted by molar-refractivity contribution is -0.125. The second-order valence-electron chi connectivity index (χ2n) is 9.97. The minimum atomic E-state index is -2.66. The van der Waals surface area contributed by atoms with Crippen molar-refractivity contribution in [3.63, 3.8) is 0 Å². The average Bonchev–Trinajstić information content (AvgIpc) is 3.46. The Morgan fingerprint density at radius 2 is 1.92 bits per heavy atom. The molecule has 0 saturated heterocycles. The zero-order valence-corrected chi connectivity index (χ0v) is 19.9. The van der Waals surface area contributed by atoms with Crippen LogP contribution in [0.4, 0.5) is 19.3 Å². The SMILES string of the molecule is N#C[C@H](C[C@@H]1CCCC1=O)NC(=O)[C@@H]1CCc2ccc(NC(=O)OCC3CCC(F)(F)CC3)c(=O)n21. The summed E-state index contributed by atoms with van der Waals surface area (Å²) in [7, 11) is 0. The van der Waals surface area contributed by atoms with Gasteiger partial charge in [-0.15, -0.1) is 0 Å². The van der Waals surface area contributed by atoms with Crippen molar-refractivity contribution < 1.29 is 27.9 Å². The van der Waals surface area contributed by atoms with E-state index in [1.165, 1.54) is 10.6 Å². The number of Topliss-reactive ketones (excluding diaryl/α,β-unsaturated/α-hetero) is 1. The lowest BCUT2D eigenvalue weighted by Gasteiger charge is -2.27. The van der Waals surface area contributed by atoms with Gasteiger partial charge < -0.3 is 10.1 Å². The summed E-state index contributed by atoms with van der Waals surface area (Å²) in [5.41, 5.74) is -0.00687. The van der Waals surface area contributed by atoms with Crippen LogP contribution in [0.25, 0.3) is 0 Å². The van der Waals surface area contributed by atoms with Crippen molar-refractivity contribution in [1.29, 1.82) is 5.26 Å². The Morgan fingerprint density at radius 1 is 1.17 bits per heavy atom. The molecule has 2 amide bonds. The highest BCUT2D eigenvalue weighted by atomic mass is 19.3. The van der Waals surface area contributed by atoms with E-state index in [1.54, 1.807) is 6.07 Å². The van der Waals surface area contributed by atoms with Crippen molar-refractivity contribution in [2.45, 2.75) is 82.2 Å². The number of ether oxygens (including phenoxy) is 1. The van der Waals surface area contributed by atoms with Crippen LogP contribution in [-0.2, 0) is 20.7 Å². The molecule has 2 saturated carbocycles. The molecule has 1 aliphatic heterocycles. The summed E-state index contributed by atoms with van der Waals surface area (Å²) < 4.78 is 33.0. The lowest BCUT2D eigenvalue weighted by Crippen LogP contribution is -2.42. The van der Waals surface area contributed by atoms with Crippen molar-refractivity contribution in [3.05, 3.63) is 28.2 Å². The normalized spacial score (nSPS) is 24.0. The summed E-state index contributed by atoms with van der Waals surface area (Å²) in [5.74, 6) is -3.43. The van der Waals surface area contributed by atoms with Gasteiger partial charge in [-0.05, 0) is 63.0 Å². The number of ketones is 1. The van der Waals surface area contributed by atoms with Crippen LogP contribution in [0.1, 0.15) is 69.5 Å². The summed E-state index contributed by atoms with van der Waals surface area (Å²) >= 11 is 0. The lowest BCUT2D eigenvalue weighted by atomic mass is 9.87. The number of aromatic nitrogens is 1. The highest BCUT2D eigenvalue weighted by Crippen LogP contribution is 2.36. The molecule has 0 aromatic carbocycles. The first-order valence-electron chi connectivity index (χ1n) is 12.5. The van der Waals surface area contributed by atoms with Crippen LogP contribution in [0, 0.1) is 23.2 Å². The molecule has 36 heavy (non-hydrogen) atoms. The Hall–Kier alpha value is -3.29. The van der Waals surface area contributed by atoms with Crippen LogP contribution in [0.5, 0.6) is 0 Å². The van der Waals surface area contributed by atoms with Gasteiger partial charge in [-0.25, -0.2) is 13.6 Å². The van der Waals surface area contributed by atoms with Crippen LogP contribution in [0.3, 0.4) is 0 Å². The molecule has 11 heteroatoms. The molecule has 0 radical (unpaired) electrons. The number of amides is 2. The minimum Gasteiger partial charge on any atom is -0.449 e. The van der Waals surface area contributed by atoms with E-state index in [4.69, 9.17) is 4.74 Å². The number of fused-ring (bicyclic) bond motifs is 1. The Balaban J connectivity index is 1.36. The van der Waals surface area contributed by atoms with Gasteiger partial charge in [-0.3, -0.25) is 24.3 Å². The monoisotopic (exact) mass is 504 g/mol. The highest BCUT2D eigenvalue weighted by molar-refractivity contribution is 5.85. The molecule has 2 N–H and O–H groups in total. The van der Waals surface area contributed by atoms with Crippen LogP contribution >= 0.6 is 0 Å². The maximum atomic E-state index is 13.3. The predicted octanol–water partition coefficient (Wildman–Crippen LogP) is 3.48. The molecule has 3 atom stereocenters. The van der Waals surface area contributed by atoms with Crippen molar-refractivity contribution in [2.24, 2.45) is 11.8 Å². The van der Waals surface area contributed by atoms with E-state index in [0.29, 0.717) is 31.4 Å². The fourth-order valence-electron chi connectivity index (χ4n) is 5.33. The van der Waals surface area contributed by atoms with E-state index in [-0.39, 0.29) is 62.0 Å². The minimum absolute atomic E-state index is 0.0156. The largest absolute Gasteiger partial charge is 0.449 e. The number of nitrogens with one attached hydrogen (secondary N) is 2. The number of carbonyl (C=O) groups is 3. The van der Waals surface area contributed by atoms with Crippen molar-refractivity contribution in [3.8, 4) is 6.07 Å². The molecule has 2 fully saturated rings. The summed E-state index contributed by atoms with van der Waals surface area (Å²) in [4.78, 5) is 50.2. The second kappa shape index (κ2) is 10.8. The number of aryl methyl sites for hydroxylation is 1. The van der Waals surface area contributed by atoms with Gasteiger partial charge in [0, 0.05) is 30.9 Å². The number of alkyl halides is 2. The number of rotatable bonds is 7. The topological polar surface area (TPSA) is 130 Å². The quantitative estimate of drug-likeness (QED) is 0.585. The Morgan fingerprint density at radius 3 is 2.58 bits per heavy atom. The number of carbonyl (C=O) groups excluding carboxylic acids is 3. The van der Waals surface area contributed by atoms with E-state index >= 15 is 0 Å². The molecule has 3 aliphatic rings. The number of nitriles is 1. The third kappa shape index (κ3) is 5.91. The molecule has 0 bridgehead atoms. The molecule has 1 aromatic heterocycles. The molecule has 194 valence electrons. The molecule has 9 nitrogen and oxygen atoms in total. The summed E-state index contributed by atoms with van der Waals surface area (Å²) in [5, 5.41) is 14.6. The molecular weight excluding hydrogens is 474 g/mol. The summed E-state index contributed by atoms with van der Waals surface area (Å²) in [6.45, 7) is -0.0156. The zero-order valence-electron chi connectivity index (χ0n) is 19.9. The Kier molecular flexibility index (Phi) is 7.71. The van der Waals surface area contributed by atoms with Crippen LogP contribution in [0.2, 0.25) is 0 Å². The number of anilines is 1. The molecule has 2 aliphatic carbocycles. The molecule has 0 spiro atoms. The van der Waals surface area contributed by atoms with Gasteiger partial charge in [0.2, 0.25) is 11.8 Å². The number of hydrogen-bond acceptors (Lipinski definition) is 6. The maximum absolute atomic E-state index is 13.3.